The molecule has 3 fully saturated rings. The van der Waals surface area contributed by atoms with Gasteiger partial charge in [-0.1, -0.05) is 0 Å². The van der Waals surface area contributed by atoms with E-state index in [1.54, 1.807) is 0 Å². The number of nitrogens with one attached hydrogen (secondary N) is 1. The summed E-state index contributed by atoms with van der Waals surface area (Å²) in [4.78, 5) is 14.0. The molecule has 1 saturated carbocycles. The van der Waals surface area contributed by atoms with Crippen molar-refractivity contribution in [2.45, 2.75) is 58.2 Å². The number of aromatic nitrogens is 3. The fourth-order valence-electron chi connectivity index (χ4n) is 3.90. The molecule has 2 saturated heterocycles. The molecule has 132 valence electrons. The average molecular weight is 333 g/mol. The third-order valence-electron chi connectivity index (χ3n) is 5.49. The maximum absolute atomic E-state index is 11.6. The zero-order chi connectivity index (χ0) is 16.5. The van der Waals surface area contributed by atoms with E-state index in [1.807, 2.05) is 6.92 Å². The second-order valence-electron chi connectivity index (χ2n) is 7.31. The molecule has 24 heavy (non-hydrogen) atoms. The first-order chi connectivity index (χ1) is 11.7. The molecule has 1 amide bonds. The Morgan fingerprint density at radius 2 is 2.12 bits per heavy atom. The summed E-state index contributed by atoms with van der Waals surface area (Å²) in [6.45, 7) is 6.13. The van der Waals surface area contributed by atoms with E-state index < -0.39 is 0 Å². The SMILES string of the molecule is CCOCc1nnc(N2CCC3NC(=O)CCC3C2)n1CC1CC1. The van der Waals surface area contributed by atoms with Gasteiger partial charge < -0.3 is 15.0 Å². The first-order valence-corrected chi connectivity index (χ1v) is 9.28. The molecule has 1 aromatic heterocycles. The van der Waals surface area contributed by atoms with Crippen LogP contribution in [0, 0.1) is 11.8 Å². The maximum atomic E-state index is 11.6. The number of carbonyl (C=O) groups is 1. The van der Waals surface area contributed by atoms with Crippen LogP contribution in [0.1, 0.15) is 44.9 Å². The second-order valence-corrected chi connectivity index (χ2v) is 7.31. The molecular weight excluding hydrogens is 306 g/mol. The van der Waals surface area contributed by atoms with Crippen molar-refractivity contribution in [1.29, 1.82) is 0 Å². The van der Waals surface area contributed by atoms with E-state index in [4.69, 9.17) is 4.74 Å². The summed E-state index contributed by atoms with van der Waals surface area (Å²) in [5, 5.41) is 12.1. The van der Waals surface area contributed by atoms with Crippen LogP contribution in [0.4, 0.5) is 5.95 Å². The minimum absolute atomic E-state index is 0.209. The minimum atomic E-state index is 0.209. The molecule has 0 aromatic carbocycles. The number of carbonyl (C=O) groups excluding carboxylic acids is 1. The van der Waals surface area contributed by atoms with Crippen molar-refractivity contribution < 1.29 is 9.53 Å². The van der Waals surface area contributed by atoms with E-state index in [9.17, 15) is 4.79 Å². The number of fused-ring (bicyclic) bond motifs is 1. The largest absolute Gasteiger partial charge is 0.374 e. The third-order valence-corrected chi connectivity index (χ3v) is 5.49. The van der Waals surface area contributed by atoms with Gasteiger partial charge in [-0.05, 0) is 44.4 Å². The Bertz CT molecular complexity index is 598. The molecule has 7 nitrogen and oxygen atoms in total. The molecule has 0 spiro atoms. The number of rotatable bonds is 6. The summed E-state index contributed by atoms with van der Waals surface area (Å²) >= 11 is 0. The van der Waals surface area contributed by atoms with Crippen molar-refractivity contribution in [3.63, 3.8) is 0 Å². The number of hydrogen-bond acceptors (Lipinski definition) is 5. The molecule has 1 aliphatic carbocycles. The van der Waals surface area contributed by atoms with Crippen LogP contribution < -0.4 is 10.2 Å². The van der Waals surface area contributed by atoms with Gasteiger partial charge in [-0.15, -0.1) is 10.2 Å². The van der Waals surface area contributed by atoms with Gasteiger partial charge in [-0.2, -0.15) is 0 Å². The Morgan fingerprint density at radius 1 is 1.25 bits per heavy atom. The molecule has 0 bridgehead atoms. The Morgan fingerprint density at radius 3 is 2.92 bits per heavy atom. The molecule has 7 heteroatoms. The van der Waals surface area contributed by atoms with Gasteiger partial charge in [0.25, 0.3) is 0 Å². The lowest BCUT2D eigenvalue weighted by Crippen LogP contribution is -2.54. The predicted molar refractivity (Wildman–Crippen MR) is 89.6 cm³/mol. The molecule has 2 unspecified atom stereocenters. The van der Waals surface area contributed by atoms with Gasteiger partial charge in [0, 0.05) is 38.7 Å². The summed E-state index contributed by atoms with van der Waals surface area (Å²) in [6, 6.07) is 0.338. The molecular formula is C17H27N5O2. The highest BCUT2D eigenvalue weighted by Crippen LogP contribution is 2.34. The van der Waals surface area contributed by atoms with Crippen molar-refractivity contribution in [3.05, 3.63) is 5.82 Å². The monoisotopic (exact) mass is 333 g/mol. The van der Waals surface area contributed by atoms with Crippen molar-refractivity contribution in [2.24, 2.45) is 11.8 Å². The lowest BCUT2D eigenvalue weighted by atomic mass is 9.85. The zero-order valence-electron chi connectivity index (χ0n) is 14.4. The summed E-state index contributed by atoms with van der Waals surface area (Å²) in [5.41, 5.74) is 0. The fourth-order valence-corrected chi connectivity index (χ4v) is 3.90. The van der Waals surface area contributed by atoms with Gasteiger partial charge >= 0.3 is 0 Å². The third kappa shape index (κ3) is 3.27. The quantitative estimate of drug-likeness (QED) is 0.850. The summed E-state index contributed by atoms with van der Waals surface area (Å²) in [6.07, 6.45) is 5.24. The van der Waals surface area contributed by atoms with Crippen molar-refractivity contribution >= 4 is 11.9 Å². The molecule has 1 N–H and O–H groups in total. The van der Waals surface area contributed by atoms with Crippen LogP contribution in [-0.4, -0.2) is 46.4 Å². The molecule has 4 rings (SSSR count). The highest BCUT2D eigenvalue weighted by atomic mass is 16.5. The lowest BCUT2D eigenvalue weighted by Gasteiger charge is -2.41. The van der Waals surface area contributed by atoms with Crippen LogP contribution in [0.3, 0.4) is 0 Å². The standard InChI is InChI=1S/C17H27N5O2/c1-2-24-11-15-19-20-17(22(15)9-12-3-4-12)21-8-7-14-13(10-21)5-6-16(23)18-14/h12-14H,2-11H2,1H3,(H,18,23). The topological polar surface area (TPSA) is 72.3 Å². The first-order valence-electron chi connectivity index (χ1n) is 9.28. The number of nitrogens with zero attached hydrogens (tertiary/aromatic N) is 4. The van der Waals surface area contributed by atoms with E-state index in [2.05, 4.69) is 25.0 Å². The fraction of sp³-hybridized carbons (Fsp3) is 0.824. The van der Waals surface area contributed by atoms with Crippen LogP contribution in [-0.2, 0) is 22.7 Å². The summed E-state index contributed by atoms with van der Waals surface area (Å²) in [7, 11) is 0. The highest BCUT2D eigenvalue weighted by Gasteiger charge is 2.36. The van der Waals surface area contributed by atoms with Gasteiger partial charge in [-0.25, -0.2) is 0 Å². The van der Waals surface area contributed by atoms with Gasteiger partial charge in [0.05, 0.1) is 0 Å². The van der Waals surface area contributed by atoms with E-state index in [0.29, 0.717) is 31.6 Å². The van der Waals surface area contributed by atoms with Crippen LogP contribution in [0.25, 0.3) is 0 Å². The first kappa shape index (κ1) is 15.9. The number of piperidine rings is 2. The number of anilines is 1. The molecule has 3 aliphatic rings. The van der Waals surface area contributed by atoms with Crippen molar-refractivity contribution in [2.75, 3.05) is 24.6 Å². The van der Waals surface area contributed by atoms with Crippen molar-refractivity contribution in [3.8, 4) is 0 Å². The average Bonchev–Trinajstić information content (AvgIpc) is 3.32. The van der Waals surface area contributed by atoms with Gasteiger partial charge in [0.1, 0.15) is 6.61 Å². The molecule has 3 heterocycles. The number of amides is 1. The number of ether oxygens (including phenoxy) is 1. The maximum Gasteiger partial charge on any atom is 0.227 e. The minimum Gasteiger partial charge on any atom is -0.374 e. The summed E-state index contributed by atoms with van der Waals surface area (Å²) < 4.78 is 7.84. The Labute approximate surface area is 142 Å². The van der Waals surface area contributed by atoms with Crippen LogP contribution >= 0.6 is 0 Å². The molecule has 0 radical (unpaired) electrons. The van der Waals surface area contributed by atoms with E-state index in [0.717, 1.165) is 50.2 Å². The second kappa shape index (κ2) is 6.70. The van der Waals surface area contributed by atoms with E-state index in [-0.39, 0.29) is 5.91 Å². The van der Waals surface area contributed by atoms with Crippen LogP contribution in [0.2, 0.25) is 0 Å². The molecule has 1 aromatic rings. The zero-order valence-corrected chi connectivity index (χ0v) is 14.4. The van der Waals surface area contributed by atoms with E-state index in [1.165, 1.54) is 12.8 Å². The van der Waals surface area contributed by atoms with Gasteiger partial charge in [0.2, 0.25) is 11.9 Å². The highest BCUT2D eigenvalue weighted by molar-refractivity contribution is 5.77. The molecule has 2 aliphatic heterocycles. The Hall–Kier alpha value is -1.63. The van der Waals surface area contributed by atoms with Crippen LogP contribution in [0.15, 0.2) is 0 Å². The summed E-state index contributed by atoms with van der Waals surface area (Å²) in [5.74, 6) is 3.44. The smallest absolute Gasteiger partial charge is 0.227 e. The Balaban J connectivity index is 1.50. The van der Waals surface area contributed by atoms with Gasteiger partial charge in [-0.3, -0.25) is 9.36 Å². The Kier molecular flexibility index (Phi) is 4.43. The normalized spacial score (nSPS) is 27.0. The van der Waals surface area contributed by atoms with E-state index >= 15 is 0 Å². The van der Waals surface area contributed by atoms with Crippen molar-refractivity contribution in [1.82, 2.24) is 20.1 Å². The van der Waals surface area contributed by atoms with Gasteiger partial charge in [0.15, 0.2) is 5.82 Å². The van der Waals surface area contributed by atoms with Crippen LogP contribution in [0.5, 0.6) is 0 Å². The molecule has 2 atom stereocenters. The predicted octanol–water partition coefficient (Wildman–Crippen LogP) is 1.33. The lowest BCUT2D eigenvalue weighted by molar-refractivity contribution is -0.124. The number of hydrogen-bond donors (Lipinski definition) is 1.